The van der Waals surface area contributed by atoms with Crippen LogP contribution in [0.3, 0.4) is 0 Å². The topological polar surface area (TPSA) is 30.5 Å². The van der Waals surface area contributed by atoms with Gasteiger partial charge >= 0.3 is 0 Å². The second kappa shape index (κ2) is 7.31. The summed E-state index contributed by atoms with van der Waals surface area (Å²) in [4.78, 5) is 1.25. The summed E-state index contributed by atoms with van der Waals surface area (Å²) in [5.74, 6) is 1.63. The van der Waals surface area contributed by atoms with Crippen molar-refractivity contribution in [1.29, 1.82) is 0 Å². The van der Waals surface area contributed by atoms with E-state index in [1.807, 2.05) is 27.0 Å². The predicted octanol–water partition coefficient (Wildman–Crippen LogP) is 3.93. The van der Waals surface area contributed by atoms with Crippen LogP contribution in [0.25, 0.3) is 10.4 Å². The average Bonchev–Trinajstić information content (AvgIpc) is 2.90. The van der Waals surface area contributed by atoms with Gasteiger partial charge in [-0.1, -0.05) is 0 Å². The fourth-order valence-electron chi connectivity index (χ4n) is 2.03. The lowest BCUT2D eigenvalue weighted by molar-refractivity contribution is 0.288. The highest BCUT2D eigenvalue weighted by Gasteiger charge is 2.09. The Labute approximate surface area is 124 Å². The molecule has 0 bridgehead atoms. The zero-order chi connectivity index (χ0) is 14.4. The third-order valence-electron chi connectivity index (χ3n) is 2.86. The summed E-state index contributed by atoms with van der Waals surface area (Å²) in [5.41, 5.74) is 2.48. The molecule has 0 saturated carbocycles. The SMILES string of the molecule is CCOc1ccc(-c2cc(CNC)cs2)cc1OCC. The molecule has 0 aliphatic carbocycles. The van der Waals surface area contributed by atoms with Crippen molar-refractivity contribution in [3.63, 3.8) is 0 Å². The van der Waals surface area contributed by atoms with Crippen LogP contribution in [0.1, 0.15) is 19.4 Å². The van der Waals surface area contributed by atoms with Gasteiger partial charge in [0.05, 0.1) is 13.2 Å². The van der Waals surface area contributed by atoms with Gasteiger partial charge in [0.15, 0.2) is 11.5 Å². The Balaban J connectivity index is 2.28. The lowest BCUT2D eigenvalue weighted by Gasteiger charge is -2.11. The van der Waals surface area contributed by atoms with Gasteiger partial charge in [-0.2, -0.15) is 0 Å². The molecule has 0 atom stereocenters. The molecule has 0 aliphatic heterocycles. The van der Waals surface area contributed by atoms with E-state index in [9.17, 15) is 0 Å². The first-order valence-corrected chi connectivity index (χ1v) is 7.78. The summed E-state index contributed by atoms with van der Waals surface area (Å²) in [7, 11) is 1.96. The van der Waals surface area contributed by atoms with Crippen LogP contribution in [0.2, 0.25) is 0 Å². The summed E-state index contributed by atoms with van der Waals surface area (Å²) < 4.78 is 11.3. The Kier molecular flexibility index (Phi) is 5.44. The number of nitrogens with one attached hydrogen (secondary N) is 1. The monoisotopic (exact) mass is 291 g/mol. The Morgan fingerprint density at radius 3 is 2.50 bits per heavy atom. The van der Waals surface area contributed by atoms with Gasteiger partial charge in [0.1, 0.15) is 0 Å². The first kappa shape index (κ1) is 14.9. The summed E-state index contributed by atoms with van der Waals surface area (Å²) in [6.07, 6.45) is 0. The van der Waals surface area contributed by atoms with Gasteiger partial charge in [-0.05, 0) is 61.7 Å². The first-order chi connectivity index (χ1) is 9.78. The number of rotatable bonds is 7. The molecule has 1 aromatic heterocycles. The summed E-state index contributed by atoms with van der Waals surface area (Å²) >= 11 is 1.75. The smallest absolute Gasteiger partial charge is 0.161 e. The molecule has 1 N–H and O–H groups in total. The van der Waals surface area contributed by atoms with Gasteiger partial charge < -0.3 is 14.8 Å². The molecule has 0 saturated heterocycles. The molecule has 0 aliphatic rings. The van der Waals surface area contributed by atoms with Crippen LogP contribution < -0.4 is 14.8 Å². The van der Waals surface area contributed by atoms with Gasteiger partial charge in [0.25, 0.3) is 0 Å². The maximum absolute atomic E-state index is 5.67. The Hall–Kier alpha value is -1.52. The Bertz CT molecular complexity index is 551. The molecule has 0 unspecified atom stereocenters. The molecule has 1 heterocycles. The standard InChI is InChI=1S/C16H21NO2S/c1-4-18-14-7-6-13(9-15(14)19-5-2)16-8-12(10-17-3)11-20-16/h6-9,11,17H,4-5,10H2,1-3H3. The highest BCUT2D eigenvalue weighted by Crippen LogP contribution is 2.35. The van der Waals surface area contributed by atoms with Crippen molar-refractivity contribution in [3.05, 3.63) is 35.2 Å². The highest BCUT2D eigenvalue weighted by molar-refractivity contribution is 7.13. The highest BCUT2D eigenvalue weighted by atomic mass is 32.1. The van der Waals surface area contributed by atoms with Gasteiger partial charge in [0, 0.05) is 11.4 Å². The van der Waals surface area contributed by atoms with Crippen LogP contribution in [0.15, 0.2) is 29.6 Å². The van der Waals surface area contributed by atoms with Crippen LogP contribution in [-0.2, 0) is 6.54 Å². The van der Waals surface area contributed by atoms with Crippen molar-refractivity contribution in [3.8, 4) is 21.9 Å². The van der Waals surface area contributed by atoms with E-state index in [2.05, 4.69) is 28.9 Å². The molecule has 2 aromatic rings. The maximum Gasteiger partial charge on any atom is 0.161 e. The van der Waals surface area contributed by atoms with Crippen LogP contribution in [-0.4, -0.2) is 20.3 Å². The van der Waals surface area contributed by atoms with Crippen molar-refractivity contribution in [2.24, 2.45) is 0 Å². The van der Waals surface area contributed by atoms with Crippen molar-refractivity contribution in [2.75, 3.05) is 20.3 Å². The van der Waals surface area contributed by atoms with Crippen LogP contribution >= 0.6 is 11.3 Å². The third-order valence-corrected chi connectivity index (χ3v) is 3.89. The number of benzene rings is 1. The normalized spacial score (nSPS) is 10.6. The minimum Gasteiger partial charge on any atom is -0.490 e. The fourth-order valence-corrected chi connectivity index (χ4v) is 2.94. The summed E-state index contributed by atoms with van der Waals surface area (Å²) in [5, 5.41) is 5.35. The van der Waals surface area contributed by atoms with E-state index in [0.29, 0.717) is 13.2 Å². The van der Waals surface area contributed by atoms with Crippen molar-refractivity contribution < 1.29 is 9.47 Å². The van der Waals surface area contributed by atoms with Gasteiger partial charge in [-0.3, -0.25) is 0 Å². The minimum atomic E-state index is 0.638. The molecule has 0 fully saturated rings. The third kappa shape index (κ3) is 3.52. The fraction of sp³-hybridized carbons (Fsp3) is 0.375. The molecule has 108 valence electrons. The van der Waals surface area contributed by atoms with E-state index in [1.54, 1.807) is 11.3 Å². The van der Waals surface area contributed by atoms with Gasteiger partial charge in [0.2, 0.25) is 0 Å². The molecule has 0 spiro atoms. The molecule has 20 heavy (non-hydrogen) atoms. The molecule has 4 heteroatoms. The largest absolute Gasteiger partial charge is 0.490 e. The van der Waals surface area contributed by atoms with E-state index >= 15 is 0 Å². The second-order valence-corrected chi connectivity index (χ2v) is 5.29. The summed E-state index contributed by atoms with van der Waals surface area (Å²) in [6, 6.07) is 8.35. The Morgan fingerprint density at radius 2 is 1.80 bits per heavy atom. The molecular weight excluding hydrogens is 270 g/mol. The van der Waals surface area contributed by atoms with Crippen molar-refractivity contribution in [2.45, 2.75) is 20.4 Å². The van der Waals surface area contributed by atoms with Crippen LogP contribution in [0.5, 0.6) is 11.5 Å². The number of ether oxygens (including phenoxy) is 2. The first-order valence-electron chi connectivity index (χ1n) is 6.90. The quantitative estimate of drug-likeness (QED) is 0.838. The minimum absolute atomic E-state index is 0.638. The number of hydrogen-bond donors (Lipinski definition) is 1. The maximum atomic E-state index is 5.67. The van der Waals surface area contributed by atoms with E-state index in [4.69, 9.17) is 9.47 Å². The van der Waals surface area contributed by atoms with E-state index < -0.39 is 0 Å². The van der Waals surface area contributed by atoms with Crippen molar-refractivity contribution >= 4 is 11.3 Å². The molecule has 3 nitrogen and oxygen atoms in total. The zero-order valence-electron chi connectivity index (χ0n) is 12.2. The lowest BCUT2D eigenvalue weighted by Crippen LogP contribution is -2.03. The number of hydrogen-bond acceptors (Lipinski definition) is 4. The van der Waals surface area contributed by atoms with Gasteiger partial charge in [-0.25, -0.2) is 0 Å². The molecule has 2 rings (SSSR count). The van der Waals surface area contributed by atoms with Crippen molar-refractivity contribution in [1.82, 2.24) is 5.32 Å². The lowest BCUT2D eigenvalue weighted by atomic mass is 10.1. The van der Waals surface area contributed by atoms with E-state index in [-0.39, 0.29) is 0 Å². The van der Waals surface area contributed by atoms with E-state index in [1.165, 1.54) is 16.0 Å². The van der Waals surface area contributed by atoms with E-state index in [0.717, 1.165) is 18.0 Å². The molecule has 1 aromatic carbocycles. The predicted molar refractivity (Wildman–Crippen MR) is 84.9 cm³/mol. The second-order valence-electron chi connectivity index (χ2n) is 4.38. The molecular formula is C16H21NO2S. The Morgan fingerprint density at radius 1 is 1.05 bits per heavy atom. The van der Waals surface area contributed by atoms with Gasteiger partial charge in [-0.15, -0.1) is 11.3 Å². The zero-order valence-corrected chi connectivity index (χ0v) is 13.0. The van der Waals surface area contributed by atoms with Crippen LogP contribution in [0, 0.1) is 0 Å². The molecule has 0 amide bonds. The molecule has 0 radical (unpaired) electrons. The average molecular weight is 291 g/mol. The number of thiophene rings is 1. The summed E-state index contributed by atoms with van der Waals surface area (Å²) in [6.45, 7) is 6.14. The van der Waals surface area contributed by atoms with Crippen LogP contribution in [0.4, 0.5) is 0 Å².